The van der Waals surface area contributed by atoms with Gasteiger partial charge in [-0.05, 0) is 42.7 Å². The predicted octanol–water partition coefficient (Wildman–Crippen LogP) is 4.19. The van der Waals surface area contributed by atoms with Gasteiger partial charge in [-0.15, -0.1) is 6.58 Å². The molecule has 1 saturated heterocycles. The van der Waals surface area contributed by atoms with Gasteiger partial charge in [-0.25, -0.2) is 4.98 Å². The zero-order valence-corrected chi connectivity index (χ0v) is 18.2. The Bertz CT molecular complexity index is 1090. The van der Waals surface area contributed by atoms with Crippen LogP contribution in [0.15, 0.2) is 55.1 Å². The van der Waals surface area contributed by atoms with E-state index in [2.05, 4.69) is 17.2 Å². The number of imidazole rings is 1. The number of carbonyl (C=O) groups is 1. The molecule has 1 aromatic heterocycles. The van der Waals surface area contributed by atoms with Crippen LogP contribution in [-0.4, -0.2) is 47.7 Å². The second-order valence-electron chi connectivity index (χ2n) is 7.97. The number of methoxy groups -OCH3 is 1. The molecule has 162 valence electrons. The number of hydrogen-bond donors (Lipinski definition) is 0. The van der Waals surface area contributed by atoms with Crippen molar-refractivity contribution < 1.29 is 14.3 Å². The van der Waals surface area contributed by atoms with E-state index in [0.29, 0.717) is 19.6 Å². The maximum atomic E-state index is 12.1. The Kier molecular flexibility index (Phi) is 6.26. The molecular weight excluding hydrogens is 390 g/mol. The fourth-order valence-electron chi connectivity index (χ4n) is 4.21. The van der Waals surface area contributed by atoms with Crippen LogP contribution in [0.25, 0.3) is 11.0 Å². The molecule has 2 heterocycles. The van der Waals surface area contributed by atoms with Crippen LogP contribution < -0.4 is 9.47 Å². The van der Waals surface area contributed by atoms with Crippen LogP contribution in [-0.2, 0) is 17.8 Å². The lowest BCUT2D eigenvalue weighted by molar-refractivity contribution is -0.126. The molecule has 31 heavy (non-hydrogen) atoms. The molecule has 1 unspecified atom stereocenters. The molecule has 1 fully saturated rings. The summed E-state index contributed by atoms with van der Waals surface area (Å²) in [4.78, 5) is 18.7. The summed E-state index contributed by atoms with van der Waals surface area (Å²) in [5.74, 6) is 2.78. The predicted molar refractivity (Wildman–Crippen MR) is 122 cm³/mol. The number of hydrogen-bond acceptors (Lipinski definition) is 4. The summed E-state index contributed by atoms with van der Waals surface area (Å²) in [6.45, 7) is 5.84. The highest BCUT2D eigenvalue weighted by Gasteiger charge is 2.31. The maximum Gasteiger partial charge on any atom is 0.223 e. The highest BCUT2D eigenvalue weighted by Crippen LogP contribution is 2.31. The van der Waals surface area contributed by atoms with Crippen LogP contribution in [0.4, 0.5) is 0 Å². The van der Waals surface area contributed by atoms with Crippen LogP contribution in [0.3, 0.4) is 0 Å². The van der Waals surface area contributed by atoms with Gasteiger partial charge < -0.3 is 18.9 Å². The molecule has 0 radical (unpaired) electrons. The first kappa shape index (κ1) is 21.0. The zero-order valence-electron chi connectivity index (χ0n) is 18.2. The monoisotopic (exact) mass is 419 g/mol. The van der Waals surface area contributed by atoms with Gasteiger partial charge in [0.15, 0.2) is 11.5 Å². The minimum absolute atomic E-state index is 0.128. The molecule has 1 aliphatic rings. The van der Waals surface area contributed by atoms with Gasteiger partial charge in [0.1, 0.15) is 5.82 Å². The van der Waals surface area contributed by atoms with Crippen molar-refractivity contribution in [3.8, 4) is 11.5 Å². The van der Waals surface area contributed by atoms with Gasteiger partial charge in [0.2, 0.25) is 5.91 Å². The van der Waals surface area contributed by atoms with E-state index in [4.69, 9.17) is 14.5 Å². The van der Waals surface area contributed by atoms with Gasteiger partial charge in [-0.2, -0.15) is 0 Å². The minimum atomic E-state index is 0.128. The number of likely N-dealkylation sites (N-methyl/N-ethyl adjacent to an activating group) is 1. The largest absolute Gasteiger partial charge is 0.493 e. The summed E-state index contributed by atoms with van der Waals surface area (Å²) < 4.78 is 13.8. The number of benzene rings is 2. The van der Waals surface area contributed by atoms with Crippen LogP contribution >= 0.6 is 0 Å². The Hall–Kier alpha value is -3.28. The van der Waals surface area contributed by atoms with E-state index in [-0.39, 0.29) is 11.8 Å². The average molecular weight is 420 g/mol. The third kappa shape index (κ3) is 4.43. The molecule has 4 rings (SSSR count). The lowest BCUT2D eigenvalue weighted by atomic mass is 10.1. The van der Waals surface area contributed by atoms with Gasteiger partial charge in [-0.1, -0.05) is 24.3 Å². The quantitative estimate of drug-likeness (QED) is 0.386. The Morgan fingerprint density at radius 2 is 2.06 bits per heavy atom. The first-order chi connectivity index (χ1) is 15.1. The molecule has 1 atom stereocenters. The standard InChI is InChI=1S/C25H29N3O3/c1-4-8-18-11-12-22(23(15-18)30-3)31-14-7-13-28-21-10-6-5-9-20(21)26-25(28)19-16-24(29)27(2)17-19/h4-6,9-12,15,19H,1,7-8,13-14,16-17H2,2-3H3. The first-order valence-corrected chi connectivity index (χ1v) is 10.7. The van der Waals surface area contributed by atoms with E-state index in [9.17, 15) is 4.79 Å². The van der Waals surface area contributed by atoms with E-state index < -0.39 is 0 Å². The summed E-state index contributed by atoms with van der Waals surface area (Å²) >= 11 is 0. The summed E-state index contributed by atoms with van der Waals surface area (Å²) in [5.41, 5.74) is 3.22. The molecule has 1 amide bonds. The van der Waals surface area contributed by atoms with Crippen molar-refractivity contribution in [1.29, 1.82) is 0 Å². The number of fused-ring (bicyclic) bond motifs is 1. The number of rotatable bonds is 9. The number of ether oxygens (including phenoxy) is 2. The van der Waals surface area contributed by atoms with Crippen LogP contribution in [0, 0.1) is 0 Å². The van der Waals surface area contributed by atoms with Crippen molar-refractivity contribution in [2.24, 2.45) is 0 Å². The number of amides is 1. The molecule has 6 nitrogen and oxygen atoms in total. The van der Waals surface area contributed by atoms with Crippen LogP contribution in [0.1, 0.15) is 30.1 Å². The van der Waals surface area contributed by atoms with Crippen LogP contribution in [0.2, 0.25) is 0 Å². The van der Waals surface area contributed by atoms with E-state index in [1.54, 1.807) is 12.0 Å². The lowest BCUT2D eigenvalue weighted by Crippen LogP contribution is -2.19. The normalized spacial score (nSPS) is 16.1. The van der Waals surface area contributed by atoms with Crippen molar-refractivity contribution in [1.82, 2.24) is 14.5 Å². The summed E-state index contributed by atoms with van der Waals surface area (Å²) in [7, 11) is 3.51. The zero-order chi connectivity index (χ0) is 21.8. The van der Waals surface area contributed by atoms with Gasteiger partial charge in [-0.3, -0.25) is 4.79 Å². The molecule has 1 aliphatic heterocycles. The molecule has 0 spiro atoms. The topological polar surface area (TPSA) is 56.6 Å². The molecule has 0 aliphatic carbocycles. The van der Waals surface area contributed by atoms with Crippen molar-refractivity contribution >= 4 is 16.9 Å². The summed E-state index contributed by atoms with van der Waals surface area (Å²) in [6, 6.07) is 14.1. The van der Waals surface area contributed by atoms with E-state index >= 15 is 0 Å². The van der Waals surface area contributed by atoms with Gasteiger partial charge in [0.05, 0.1) is 24.8 Å². The maximum absolute atomic E-state index is 12.1. The Morgan fingerprint density at radius 1 is 1.23 bits per heavy atom. The Balaban J connectivity index is 1.46. The molecule has 0 saturated carbocycles. The Morgan fingerprint density at radius 3 is 2.81 bits per heavy atom. The van der Waals surface area contributed by atoms with Crippen molar-refractivity contribution in [2.45, 2.75) is 31.7 Å². The van der Waals surface area contributed by atoms with Crippen molar-refractivity contribution in [2.75, 3.05) is 27.3 Å². The van der Waals surface area contributed by atoms with Crippen molar-refractivity contribution in [3.05, 3.63) is 66.5 Å². The number of aryl methyl sites for hydroxylation is 1. The summed E-state index contributed by atoms with van der Waals surface area (Å²) in [5, 5.41) is 0. The third-order valence-electron chi connectivity index (χ3n) is 5.78. The minimum Gasteiger partial charge on any atom is -0.493 e. The first-order valence-electron chi connectivity index (χ1n) is 10.7. The molecule has 0 N–H and O–H groups in total. The number of para-hydroxylation sites is 2. The second-order valence-corrected chi connectivity index (χ2v) is 7.97. The highest BCUT2D eigenvalue weighted by molar-refractivity contribution is 5.80. The van der Waals surface area contributed by atoms with E-state index in [0.717, 1.165) is 53.3 Å². The molecule has 3 aromatic rings. The van der Waals surface area contributed by atoms with E-state index in [1.807, 2.05) is 49.5 Å². The summed E-state index contributed by atoms with van der Waals surface area (Å²) in [6.07, 6.45) is 4.01. The molecule has 0 bridgehead atoms. The number of allylic oxidation sites excluding steroid dienone is 1. The fourth-order valence-corrected chi connectivity index (χ4v) is 4.21. The second kappa shape index (κ2) is 9.25. The smallest absolute Gasteiger partial charge is 0.223 e. The lowest BCUT2D eigenvalue weighted by Gasteiger charge is -2.15. The molecular formula is C25H29N3O3. The van der Waals surface area contributed by atoms with Gasteiger partial charge in [0, 0.05) is 32.5 Å². The average Bonchev–Trinajstić information content (AvgIpc) is 3.31. The Labute approximate surface area is 183 Å². The van der Waals surface area contributed by atoms with Gasteiger partial charge >= 0.3 is 0 Å². The van der Waals surface area contributed by atoms with Gasteiger partial charge in [0.25, 0.3) is 0 Å². The van der Waals surface area contributed by atoms with E-state index in [1.165, 1.54) is 0 Å². The highest BCUT2D eigenvalue weighted by atomic mass is 16.5. The van der Waals surface area contributed by atoms with Crippen molar-refractivity contribution in [3.63, 3.8) is 0 Å². The number of likely N-dealkylation sites (tertiary alicyclic amines) is 1. The number of carbonyl (C=O) groups excluding carboxylic acids is 1. The number of aromatic nitrogens is 2. The number of nitrogens with zero attached hydrogens (tertiary/aromatic N) is 3. The fraction of sp³-hybridized carbons (Fsp3) is 0.360. The third-order valence-corrected chi connectivity index (χ3v) is 5.78. The molecule has 2 aromatic carbocycles. The van der Waals surface area contributed by atoms with Crippen LogP contribution in [0.5, 0.6) is 11.5 Å². The SMILES string of the molecule is C=CCc1ccc(OCCCn2c(C3CC(=O)N(C)C3)nc3ccccc32)c(OC)c1. The molecule has 6 heteroatoms.